The molecule has 1 heterocycles. The van der Waals surface area contributed by atoms with Crippen molar-refractivity contribution in [1.82, 2.24) is 9.88 Å². The number of pyridine rings is 1. The molecule has 4 nitrogen and oxygen atoms in total. The van der Waals surface area contributed by atoms with E-state index in [0.717, 1.165) is 31.6 Å². The summed E-state index contributed by atoms with van der Waals surface area (Å²) in [5, 5.41) is 7.57. The molecule has 0 saturated heterocycles. The summed E-state index contributed by atoms with van der Waals surface area (Å²) in [6, 6.07) is 7.07. The van der Waals surface area contributed by atoms with E-state index in [4.69, 9.17) is 0 Å². The van der Waals surface area contributed by atoms with Crippen molar-refractivity contribution in [2.75, 3.05) is 44.4 Å². The predicted molar refractivity (Wildman–Crippen MR) is 107 cm³/mol. The zero-order chi connectivity index (χ0) is 20.0. The molecule has 0 spiro atoms. The number of fused-ring (bicyclic) bond motifs is 1. The number of aromatic nitrogens is 1. The lowest BCUT2D eigenvalue weighted by Gasteiger charge is -2.17. The molecule has 0 aliphatic carbocycles. The number of hydrogen-bond acceptors (Lipinski definition) is 4. The zero-order valence-corrected chi connectivity index (χ0v) is 16.1. The van der Waals surface area contributed by atoms with Crippen molar-refractivity contribution in [2.24, 2.45) is 0 Å². The number of anilines is 2. The first-order valence-electron chi connectivity index (χ1n) is 9.06. The van der Waals surface area contributed by atoms with Gasteiger partial charge in [-0.15, -0.1) is 0 Å². The lowest BCUT2D eigenvalue weighted by molar-refractivity contribution is -0.0688. The van der Waals surface area contributed by atoms with Crippen molar-refractivity contribution in [3.05, 3.63) is 36.5 Å². The highest BCUT2D eigenvalue weighted by Crippen LogP contribution is 2.37. The minimum absolute atomic E-state index is 0.129. The predicted octanol–water partition coefficient (Wildman–Crippen LogP) is 5.00. The lowest BCUT2D eigenvalue weighted by atomic mass is 10.0. The van der Waals surface area contributed by atoms with Crippen molar-refractivity contribution >= 4 is 27.9 Å². The van der Waals surface area contributed by atoms with Crippen LogP contribution in [0.2, 0.25) is 0 Å². The Morgan fingerprint density at radius 1 is 1.15 bits per heavy atom. The molecule has 0 bridgehead atoms. The van der Waals surface area contributed by atoms with Gasteiger partial charge in [0.05, 0.1) is 11.3 Å². The Bertz CT molecular complexity index is 785. The van der Waals surface area contributed by atoms with E-state index in [0.29, 0.717) is 23.1 Å². The van der Waals surface area contributed by atoms with E-state index in [9.17, 15) is 13.2 Å². The molecule has 1 aromatic carbocycles. The van der Waals surface area contributed by atoms with Crippen LogP contribution in [-0.2, 0) is 0 Å². The monoisotopic (exact) mass is 380 g/mol. The molecular weight excluding hydrogens is 353 g/mol. The zero-order valence-electron chi connectivity index (χ0n) is 16.1. The summed E-state index contributed by atoms with van der Waals surface area (Å²) >= 11 is 0. The van der Waals surface area contributed by atoms with Gasteiger partial charge in [0.2, 0.25) is 0 Å². The molecule has 0 aliphatic rings. The van der Waals surface area contributed by atoms with Gasteiger partial charge in [0.25, 0.3) is 0 Å². The summed E-state index contributed by atoms with van der Waals surface area (Å²) in [6.07, 6.45) is -2.75. The Morgan fingerprint density at radius 3 is 2.52 bits per heavy atom. The first kappa shape index (κ1) is 21.0. The molecule has 0 unspecified atom stereocenters. The van der Waals surface area contributed by atoms with E-state index in [2.05, 4.69) is 27.1 Å². The fourth-order valence-electron chi connectivity index (χ4n) is 2.76. The van der Waals surface area contributed by atoms with Crippen LogP contribution in [0.4, 0.5) is 24.7 Å². The van der Waals surface area contributed by atoms with Gasteiger partial charge in [-0.2, -0.15) is 13.2 Å². The van der Waals surface area contributed by atoms with Gasteiger partial charge in [0, 0.05) is 29.5 Å². The summed E-state index contributed by atoms with van der Waals surface area (Å²) in [4.78, 5) is 6.29. The summed E-state index contributed by atoms with van der Waals surface area (Å²) in [6.45, 7) is 7.53. The van der Waals surface area contributed by atoms with E-state index in [1.54, 1.807) is 18.2 Å². The van der Waals surface area contributed by atoms with Gasteiger partial charge in [-0.05, 0) is 45.6 Å². The molecule has 0 fully saturated rings. The minimum atomic E-state index is -4.53. The number of allylic oxidation sites excluding steroid dienone is 1. The van der Waals surface area contributed by atoms with Crippen molar-refractivity contribution in [2.45, 2.75) is 25.9 Å². The van der Waals surface area contributed by atoms with Crippen LogP contribution in [-0.4, -0.2) is 49.8 Å². The molecule has 0 aliphatic heterocycles. The highest BCUT2D eigenvalue weighted by atomic mass is 19.4. The van der Waals surface area contributed by atoms with Crippen LogP contribution >= 0.6 is 0 Å². The van der Waals surface area contributed by atoms with Gasteiger partial charge in [0.15, 0.2) is 0 Å². The molecule has 2 aromatic rings. The summed E-state index contributed by atoms with van der Waals surface area (Å²) in [5.41, 5.74) is -0.266. The Labute approximate surface area is 158 Å². The van der Waals surface area contributed by atoms with Crippen LogP contribution in [0.25, 0.3) is 16.3 Å². The molecule has 0 radical (unpaired) electrons. The highest BCUT2D eigenvalue weighted by molar-refractivity contribution is 6.01. The van der Waals surface area contributed by atoms with Crippen molar-refractivity contribution in [1.29, 1.82) is 0 Å². The Kier molecular flexibility index (Phi) is 7.07. The van der Waals surface area contributed by atoms with E-state index in [1.165, 1.54) is 0 Å². The molecule has 0 amide bonds. The van der Waals surface area contributed by atoms with E-state index in [-0.39, 0.29) is 5.69 Å². The van der Waals surface area contributed by atoms with Crippen molar-refractivity contribution in [3.8, 4) is 0 Å². The largest absolute Gasteiger partial charge is 0.417 e. The van der Waals surface area contributed by atoms with E-state index < -0.39 is 11.7 Å². The fourth-order valence-corrected chi connectivity index (χ4v) is 2.76. The maximum atomic E-state index is 13.3. The number of nitrogens with one attached hydrogen (secondary N) is 2. The lowest BCUT2D eigenvalue weighted by Crippen LogP contribution is -2.16. The fraction of sp³-hybridized carbons (Fsp3) is 0.450. The van der Waals surface area contributed by atoms with Crippen molar-refractivity contribution in [3.63, 3.8) is 0 Å². The Hall–Kier alpha value is -2.28. The summed E-state index contributed by atoms with van der Waals surface area (Å²) in [5.74, 6) is 0.423. The first-order valence-corrected chi connectivity index (χ1v) is 9.06. The van der Waals surface area contributed by atoms with Crippen LogP contribution in [0.15, 0.2) is 30.8 Å². The van der Waals surface area contributed by atoms with E-state index >= 15 is 0 Å². The van der Waals surface area contributed by atoms with E-state index in [1.807, 2.05) is 27.1 Å². The maximum Gasteiger partial charge on any atom is 0.417 e. The second-order valence-electron chi connectivity index (χ2n) is 6.74. The van der Waals surface area contributed by atoms with Crippen LogP contribution in [0.3, 0.4) is 0 Å². The van der Waals surface area contributed by atoms with Crippen LogP contribution in [0.5, 0.6) is 0 Å². The molecule has 0 saturated carbocycles. The highest BCUT2D eigenvalue weighted by Gasteiger charge is 2.35. The van der Waals surface area contributed by atoms with Gasteiger partial charge in [-0.25, -0.2) is 4.98 Å². The van der Waals surface area contributed by atoms with Gasteiger partial charge in [0.1, 0.15) is 5.82 Å². The van der Waals surface area contributed by atoms with Crippen LogP contribution in [0.1, 0.15) is 25.5 Å². The third-order valence-corrected chi connectivity index (χ3v) is 4.16. The molecule has 7 heteroatoms. The van der Waals surface area contributed by atoms with Crippen LogP contribution < -0.4 is 10.6 Å². The number of rotatable bonds is 9. The van der Waals surface area contributed by atoms with Gasteiger partial charge in [-0.1, -0.05) is 25.6 Å². The van der Waals surface area contributed by atoms with Gasteiger partial charge in [-0.3, -0.25) is 0 Å². The quantitative estimate of drug-likeness (QED) is 0.601. The maximum absolute atomic E-state index is 13.3. The molecule has 148 valence electrons. The minimum Gasteiger partial charge on any atom is -0.384 e. The Morgan fingerprint density at radius 2 is 1.89 bits per heavy atom. The third-order valence-electron chi connectivity index (χ3n) is 4.16. The SMILES string of the molecule is C=C(c1nc(NCCC)cc2c(NCCCN(C)C)cccc12)C(F)(F)F. The third kappa shape index (κ3) is 5.60. The number of hydrogen-bond donors (Lipinski definition) is 2. The topological polar surface area (TPSA) is 40.2 Å². The number of nitrogens with zero attached hydrogens (tertiary/aromatic N) is 2. The smallest absolute Gasteiger partial charge is 0.384 e. The number of benzene rings is 1. The van der Waals surface area contributed by atoms with Crippen LogP contribution in [0, 0.1) is 0 Å². The Balaban J connectivity index is 2.45. The summed E-state index contributed by atoms with van der Waals surface area (Å²) in [7, 11) is 4.01. The first-order chi connectivity index (χ1) is 12.7. The normalized spacial score (nSPS) is 11.8. The molecular formula is C20H27F3N4. The van der Waals surface area contributed by atoms with Crippen molar-refractivity contribution < 1.29 is 13.2 Å². The molecule has 1 aromatic heterocycles. The molecule has 0 atom stereocenters. The van der Waals surface area contributed by atoms with Gasteiger partial charge < -0.3 is 15.5 Å². The average molecular weight is 380 g/mol. The number of alkyl halides is 3. The summed E-state index contributed by atoms with van der Waals surface area (Å²) < 4.78 is 39.9. The number of halogens is 3. The second-order valence-corrected chi connectivity index (χ2v) is 6.74. The molecule has 2 N–H and O–H groups in total. The second kappa shape index (κ2) is 9.08. The molecule has 2 rings (SSSR count). The van der Waals surface area contributed by atoms with Gasteiger partial charge >= 0.3 is 6.18 Å². The average Bonchev–Trinajstić information content (AvgIpc) is 2.61. The molecule has 27 heavy (non-hydrogen) atoms. The standard InChI is InChI=1S/C20H27F3N4/c1-5-10-25-18-13-16-15(19(26-18)14(2)20(21,22)23)8-6-9-17(16)24-11-7-12-27(3)4/h6,8-9,13,24H,2,5,7,10-12H2,1,3-4H3,(H,25,26).